The fraction of sp³-hybridized carbons (Fsp3) is 0.419. The number of carbonyl (C=O) groups is 6. The van der Waals surface area contributed by atoms with Gasteiger partial charge >= 0.3 is 6.03 Å². The summed E-state index contributed by atoms with van der Waals surface area (Å²) in [4.78, 5) is 80.0. The van der Waals surface area contributed by atoms with Gasteiger partial charge in [-0.2, -0.15) is 0 Å². The van der Waals surface area contributed by atoms with Gasteiger partial charge in [0.25, 0.3) is 0 Å². The Morgan fingerprint density at radius 1 is 0.650 bits per heavy atom. The number of hydrogen-bond donors (Lipinski definition) is 0. The fourth-order valence-corrected chi connectivity index (χ4v) is 5.29. The number of barbiturate groups is 1. The number of ketones is 1. The molecule has 2 aromatic rings. The quantitative estimate of drug-likeness (QED) is 0.256. The van der Waals surface area contributed by atoms with Crippen molar-refractivity contribution in [1.82, 2.24) is 4.90 Å². The van der Waals surface area contributed by atoms with Gasteiger partial charge in [0, 0.05) is 6.54 Å². The normalized spacial score (nSPS) is 18.3. The van der Waals surface area contributed by atoms with Gasteiger partial charge in [-0.15, -0.1) is 0 Å². The van der Waals surface area contributed by atoms with Gasteiger partial charge in [0.15, 0.2) is 5.78 Å². The minimum absolute atomic E-state index is 0.183. The van der Waals surface area contributed by atoms with Crippen molar-refractivity contribution in [3.05, 3.63) is 58.7 Å². The summed E-state index contributed by atoms with van der Waals surface area (Å²) in [6.45, 7) is 7.58. The summed E-state index contributed by atoms with van der Waals surface area (Å²) in [7, 11) is 0. The minimum atomic E-state index is -0.861. The zero-order valence-electron chi connectivity index (χ0n) is 23.5. The molecule has 4 rings (SSSR count). The van der Waals surface area contributed by atoms with E-state index in [4.69, 9.17) is 0 Å². The van der Waals surface area contributed by atoms with E-state index in [0.717, 1.165) is 37.0 Å². The molecule has 2 aromatic carbocycles. The lowest BCUT2D eigenvalue weighted by Gasteiger charge is -2.33. The summed E-state index contributed by atoms with van der Waals surface area (Å²) in [6, 6.07) is 10.4. The maximum Gasteiger partial charge on any atom is 0.338 e. The van der Waals surface area contributed by atoms with E-state index in [9.17, 15) is 28.8 Å². The van der Waals surface area contributed by atoms with Gasteiger partial charge in [-0.25, -0.2) is 14.6 Å². The van der Waals surface area contributed by atoms with Gasteiger partial charge < -0.3 is 0 Å². The average molecular weight is 546 g/mol. The van der Waals surface area contributed by atoms with Crippen molar-refractivity contribution < 1.29 is 28.8 Å². The van der Waals surface area contributed by atoms with Crippen LogP contribution in [0.3, 0.4) is 0 Å². The Kier molecular flexibility index (Phi) is 8.61. The third-order valence-corrected chi connectivity index (χ3v) is 7.59. The number of urea groups is 1. The highest BCUT2D eigenvalue weighted by Crippen LogP contribution is 2.30. The van der Waals surface area contributed by atoms with E-state index in [1.807, 2.05) is 52.0 Å². The van der Waals surface area contributed by atoms with Gasteiger partial charge in [-0.3, -0.25) is 28.9 Å². The molecule has 9 heteroatoms. The summed E-state index contributed by atoms with van der Waals surface area (Å²) >= 11 is 0. The highest BCUT2D eigenvalue weighted by molar-refractivity contribution is 6.29. The Balaban J connectivity index is 1.31. The number of amides is 6. The van der Waals surface area contributed by atoms with E-state index in [1.54, 1.807) is 12.1 Å². The zero-order chi connectivity index (χ0) is 29.1. The van der Waals surface area contributed by atoms with Crippen molar-refractivity contribution in [2.24, 2.45) is 5.92 Å². The number of imide groups is 3. The number of anilines is 2. The predicted octanol–water partition coefficient (Wildman–Crippen LogP) is 4.70. The molecule has 2 aliphatic heterocycles. The summed E-state index contributed by atoms with van der Waals surface area (Å²) in [5, 5.41) is 0. The zero-order valence-corrected chi connectivity index (χ0v) is 23.5. The van der Waals surface area contributed by atoms with Gasteiger partial charge in [-0.1, -0.05) is 43.5 Å². The molecule has 40 heavy (non-hydrogen) atoms. The molecule has 2 fully saturated rings. The van der Waals surface area contributed by atoms with Crippen LogP contribution in [-0.4, -0.2) is 46.9 Å². The minimum Gasteiger partial charge on any atom is -0.298 e. The molecule has 1 atom stereocenters. The Morgan fingerprint density at radius 3 is 1.82 bits per heavy atom. The Labute approximate surface area is 234 Å². The van der Waals surface area contributed by atoms with Crippen LogP contribution < -0.4 is 9.80 Å². The molecular formula is C31H35N3O6. The Morgan fingerprint density at radius 2 is 1.20 bits per heavy atom. The molecule has 0 radical (unpaired) electrons. The molecular weight excluding hydrogens is 510 g/mol. The SMILES string of the molecule is Cc1ccc(C)c(N2C(=O)CC(=O)C(CCCCCCN3C(=O)CC(=O)N(c4cc(C)ccc4C)C3=O)C2=O)c1. The van der Waals surface area contributed by atoms with Gasteiger partial charge in [0.1, 0.15) is 6.42 Å². The van der Waals surface area contributed by atoms with Gasteiger partial charge in [-0.05, 0) is 74.9 Å². The number of carbonyl (C=O) groups excluding carboxylic acids is 6. The lowest BCUT2D eigenvalue weighted by Crippen LogP contribution is -2.55. The number of rotatable bonds is 9. The second-order valence-corrected chi connectivity index (χ2v) is 10.8. The molecule has 0 aromatic heterocycles. The average Bonchev–Trinajstić information content (AvgIpc) is 2.88. The Hall–Kier alpha value is -4.14. The number of benzene rings is 2. The first-order chi connectivity index (χ1) is 19.0. The fourth-order valence-electron chi connectivity index (χ4n) is 5.29. The standard InChI is InChI=1S/C31H35N3O6/c1-19-10-12-21(3)24(15-19)33-28(37)17-26(35)23(30(33)39)9-7-5-6-8-14-32-27(36)18-29(38)34(31(32)40)25-16-20(2)11-13-22(25)4/h10-13,15-16,23H,5-9,14,17-18H2,1-4H3. The van der Waals surface area contributed by atoms with Crippen LogP contribution in [0, 0.1) is 33.6 Å². The number of nitrogens with zero attached hydrogens (tertiary/aromatic N) is 3. The molecule has 210 valence electrons. The van der Waals surface area contributed by atoms with Crippen LogP contribution in [0.1, 0.15) is 67.2 Å². The van der Waals surface area contributed by atoms with Crippen LogP contribution in [0.2, 0.25) is 0 Å². The first kappa shape index (κ1) is 28.9. The molecule has 9 nitrogen and oxygen atoms in total. The third kappa shape index (κ3) is 5.88. The topological polar surface area (TPSA) is 112 Å². The summed E-state index contributed by atoms with van der Waals surface area (Å²) in [5.74, 6) is -3.22. The van der Waals surface area contributed by atoms with Crippen LogP contribution in [0.4, 0.5) is 16.2 Å². The van der Waals surface area contributed by atoms with E-state index in [-0.39, 0.29) is 25.2 Å². The predicted molar refractivity (Wildman–Crippen MR) is 150 cm³/mol. The molecule has 0 bridgehead atoms. The molecule has 0 aliphatic carbocycles. The first-order valence-electron chi connectivity index (χ1n) is 13.7. The van der Waals surface area contributed by atoms with E-state index in [0.29, 0.717) is 43.5 Å². The van der Waals surface area contributed by atoms with Crippen molar-refractivity contribution in [3.8, 4) is 0 Å². The summed E-state index contributed by atoms with van der Waals surface area (Å²) < 4.78 is 0. The molecule has 0 spiro atoms. The van der Waals surface area contributed by atoms with Gasteiger partial charge in [0.2, 0.25) is 23.6 Å². The third-order valence-electron chi connectivity index (χ3n) is 7.59. The van der Waals surface area contributed by atoms with Crippen molar-refractivity contribution in [3.63, 3.8) is 0 Å². The molecule has 0 saturated carbocycles. The lowest BCUT2D eigenvalue weighted by atomic mass is 9.89. The number of aryl methyl sites for hydroxylation is 4. The van der Waals surface area contributed by atoms with E-state index < -0.39 is 35.6 Å². The summed E-state index contributed by atoms with van der Waals surface area (Å²) in [6.07, 6.45) is 2.16. The second kappa shape index (κ2) is 11.9. The van der Waals surface area contributed by atoms with Crippen LogP contribution in [0.25, 0.3) is 0 Å². The van der Waals surface area contributed by atoms with Crippen LogP contribution in [0.15, 0.2) is 36.4 Å². The lowest BCUT2D eigenvalue weighted by molar-refractivity contribution is -0.141. The van der Waals surface area contributed by atoms with E-state index in [2.05, 4.69) is 0 Å². The largest absolute Gasteiger partial charge is 0.338 e. The number of piperidine rings is 1. The van der Waals surface area contributed by atoms with E-state index >= 15 is 0 Å². The second-order valence-electron chi connectivity index (χ2n) is 10.8. The molecule has 2 heterocycles. The molecule has 6 amide bonds. The van der Waals surface area contributed by atoms with Crippen molar-refractivity contribution >= 4 is 46.8 Å². The van der Waals surface area contributed by atoms with Crippen molar-refractivity contribution in [2.45, 2.75) is 72.6 Å². The molecule has 0 N–H and O–H groups in total. The molecule has 2 saturated heterocycles. The number of Topliss-reactive ketones (excluding diaryl/α,β-unsaturated/α-hetero) is 1. The Bertz CT molecular complexity index is 1290. The number of hydrogen-bond acceptors (Lipinski definition) is 6. The first-order valence-corrected chi connectivity index (χ1v) is 13.7. The van der Waals surface area contributed by atoms with Crippen LogP contribution in [0.5, 0.6) is 0 Å². The van der Waals surface area contributed by atoms with E-state index in [1.165, 1.54) is 0 Å². The van der Waals surface area contributed by atoms with Crippen molar-refractivity contribution in [1.29, 1.82) is 0 Å². The number of unbranched alkanes of at least 4 members (excludes halogenated alkanes) is 3. The summed E-state index contributed by atoms with van der Waals surface area (Å²) in [5.41, 5.74) is 4.40. The highest BCUT2D eigenvalue weighted by atomic mass is 16.2. The molecule has 2 aliphatic rings. The highest BCUT2D eigenvalue weighted by Gasteiger charge is 2.41. The molecule has 1 unspecified atom stereocenters. The van der Waals surface area contributed by atoms with Crippen molar-refractivity contribution in [2.75, 3.05) is 16.3 Å². The smallest absolute Gasteiger partial charge is 0.298 e. The monoisotopic (exact) mass is 545 g/mol. The maximum atomic E-state index is 13.2. The maximum absolute atomic E-state index is 13.2. The van der Waals surface area contributed by atoms with Gasteiger partial charge in [0.05, 0.1) is 23.7 Å². The van der Waals surface area contributed by atoms with Crippen LogP contribution in [-0.2, 0) is 24.0 Å². The van der Waals surface area contributed by atoms with Crippen LogP contribution >= 0.6 is 0 Å².